The summed E-state index contributed by atoms with van der Waals surface area (Å²) >= 11 is 0. The second-order valence-corrected chi connectivity index (χ2v) is 18.1. The van der Waals surface area contributed by atoms with Gasteiger partial charge in [-0.05, 0) is 168 Å². The van der Waals surface area contributed by atoms with Crippen LogP contribution in [0.3, 0.4) is 0 Å². The molecule has 0 unspecified atom stereocenters. The molecule has 4 fully saturated rings. The van der Waals surface area contributed by atoms with Crippen molar-refractivity contribution < 1.29 is 42.5 Å². The molecule has 4 aliphatic rings. The average molecular weight is 829 g/mol. The van der Waals surface area contributed by atoms with Crippen molar-refractivity contribution in [3.63, 3.8) is 0 Å². The standard InChI is InChI=1S/C47H59FO7.C3H8.CH2O/c1-29(2)31-8-10-34(11-9-31)46(50)53-39-19-14-35(15-20-39)47(51)55-44-27-26-43(41-25-16-36(28-42(41)44)32-12-17-37(48)18-13-32)52-38-21-23-40(24-22-38)54-45(49)33-6-4-30(3)5-7-33;1-3-2;1-2/h12-13,16-18,25-31,33-35,38-40H,4-11,14-15,19-24H2,1-3H3;3H2,1-2H3;1H2. The molecular formula is C51H69FO8. The highest BCUT2D eigenvalue weighted by Gasteiger charge is 2.34. The third kappa shape index (κ3) is 12.9. The number of hydrogen-bond acceptors (Lipinski definition) is 8. The Labute approximate surface area is 357 Å². The lowest BCUT2D eigenvalue weighted by molar-refractivity contribution is -0.159. The first-order chi connectivity index (χ1) is 29.0. The summed E-state index contributed by atoms with van der Waals surface area (Å²) in [4.78, 5) is 47.5. The molecule has 0 radical (unpaired) electrons. The van der Waals surface area contributed by atoms with Gasteiger partial charge in [-0.15, -0.1) is 0 Å². The molecule has 0 N–H and O–H groups in total. The van der Waals surface area contributed by atoms with Crippen LogP contribution in [-0.2, 0) is 28.7 Å². The molecule has 0 aliphatic heterocycles. The number of hydrogen-bond donors (Lipinski definition) is 0. The van der Waals surface area contributed by atoms with Crippen molar-refractivity contribution in [2.24, 2.45) is 35.5 Å². The molecule has 8 nitrogen and oxygen atoms in total. The largest absolute Gasteiger partial charge is 0.490 e. The lowest BCUT2D eigenvalue weighted by atomic mass is 9.77. The summed E-state index contributed by atoms with van der Waals surface area (Å²) in [5.41, 5.74) is 1.72. The van der Waals surface area contributed by atoms with E-state index in [2.05, 4.69) is 34.6 Å². The van der Waals surface area contributed by atoms with Crippen LogP contribution in [0.1, 0.15) is 144 Å². The van der Waals surface area contributed by atoms with E-state index in [9.17, 15) is 18.8 Å². The Bertz CT molecular complexity index is 1810. The summed E-state index contributed by atoms with van der Waals surface area (Å²) < 4.78 is 38.5. The average Bonchev–Trinajstić information content (AvgIpc) is 3.26. The first-order valence-corrected chi connectivity index (χ1v) is 22.9. The van der Waals surface area contributed by atoms with E-state index in [-0.39, 0.29) is 59.8 Å². The highest BCUT2D eigenvalue weighted by molar-refractivity contribution is 5.97. The molecule has 4 saturated carbocycles. The van der Waals surface area contributed by atoms with Gasteiger partial charge >= 0.3 is 17.9 Å². The Morgan fingerprint density at radius 1 is 0.583 bits per heavy atom. The lowest BCUT2D eigenvalue weighted by Crippen LogP contribution is -2.33. The molecule has 328 valence electrons. The van der Waals surface area contributed by atoms with Crippen molar-refractivity contribution >= 4 is 35.5 Å². The number of fused-ring (bicyclic) bond motifs is 1. The molecule has 60 heavy (non-hydrogen) atoms. The van der Waals surface area contributed by atoms with Gasteiger partial charge in [-0.25, -0.2) is 4.39 Å². The molecule has 0 atom stereocenters. The maximum absolute atomic E-state index is 13.8. The van der Waals surface area contributed by atoms with Crippen LogP contribution < -0.4 is 9.47 Å². The van der Waals surface area contributed by atoms with Crippen molar-refractivity contribution in [1.82, 2.24) is 0 Å². The second kappa shape index (κ2) is 23.1. The molecule has 3 aromatic rings. The highest BCUT2D eigenvalue weighted by atomic mass is 19.1. The number of ether oxygens (including phenoxy) is 4. The molecule has 0 spiro atoms. The van der Waals surface area contributed by atoms with Crippen LogP contribution in [0.2, 0.25) is 0 Å². The Kier molecular flexibility index (Phi) is 18.0. The maximum Gasteiger partial charge on any atom is 0.314 e. The minimum absolute atomic E-state index is 0.00689. The van der Waals surface area contributed by atoms with E-state index < -0.39 is 0 Å². The van der Waals surface area contributed by atoms with Crippen molar-refractivity contribution in [2.45, 2.75) is 162 Å². The topological polar surface area (TPSA) is 105 Å². The van der Waals surface area contributed by atoms with Crippen LogP contribution >= 0.6 is 0 Å². The van der Waals surface area contributed by atoms with Gasteiger partial charge in [0.1, 0.15) is 36.3 Å². The Hall–Kier alpha value is -4.27. The second-order valence-electron chi connectivity index (χ2n) is 18.1. The van der Waals surface area contributed by atoms with E-state index in [1.807, 2.05) is 37.1 Å². The Morgan fingerprint density at radius 3 is 1.58 bits per heavy atom. The first-order valence-electron chi connectivity index (χ1n) is 22.9. The normalized spacial score (nSPS) is 26.6. The predicted octanol–water partition coefficient (Wildman–Crippen LogP) is 12.4. The number of rotatable bonds is 10. The summed E-state index contributed by atoms with van der Waals surface area (Å²) in [6.45, 7) is 13.0. The lowest BCUT2D eigenvalue weighted by Gasteiger charge is -2.32. The van der Waals surface area contributed by atoms with Gasteiger partial charge in [0.05, 0.1) is 23.9 Å². The van der Waals surface area contributed by atoms with Gasteiger partial charge in [0.15, 0.2) is 0 Å². The van der Waals surface area contributed by atoms with Crippen LogP contribution in [0.4, 0.5) is 4.39 Å². The first kappa shape index (κ1) is 46.8. The monoisotopic (exact) mass is 828 g/mol. The fourth-order valence-corrected chi connectivity index (χ4v) is 9.40. The van der Waals surface area contributed by atoms with E-state index in [1.165, 1.54) is 18.6 Å². The minimum Gasteiger partial charge on any atom is -0.490 e. The predicted molar refractivity (Wildman–Crippen MR) is 234 cm³/mol. The summed E-state index contributed by atoms with van der Waals surface area (Å²) in [6, 6.07) is 16.0. The smallest absolute Gasteiger partial charge is 0.314 e. The van der Waals surface area contributed by atoms with Crippen LogP contribution in [-0.4, -0.2) is 43.0 Å². The molecule has 0 heterocycles. The number of benzene rings is 3. The zero-order chi connectivity index (χ0) is 43.2. The molecule has 9 heteroatoms. The summed E-state index contributed by atoms with van der Waals surface area (Å²) in [7, 11) is 0. The van der Waals surface area contributed by atoms with Gasteiger partial charge in [-0.3, -0.25) is 14.4 Å². The SMILES string of the molecule is C=O.CC1CCC(C(=O)OC2CCC(Oc3ccc(OC(=O)C4CCC(OC(=O)C5CCC(C(C)C)CC5)CC4)c4cc(-c5ccc(F)cc5)ccc34)CC2)CC1.CCC. The van der Waals surface area contributed by atoms with Crippen molar-refractivity contribution in [3.8, 4) is 22.6 Å². The van der Waals surface area contributed by atoms with Crippen LogP contribution in [0, 0.1) is 41.3 Å². The fraction of sp³-hybridized carbons (Fsp3) is 0.608. The van der Waals surface area contributed by atoms with Crippen molar-refractivity contribution in [2.75, 3.05) is 0 Å². The van der Waals surface area contributed by atoms with Gasteiger partial charge in [0.2, 0.25) is 0 Å². The van der Waals surface area contributed by atoms with Gasteiger partial charge in [0.25, 0.3) is 0 Å². The number of halogens is 1. The third-order valence-corrected chi connectivity index (χ3v) is 13.2. The zero-order valence-electron chi connectivity index (χ0n) is 36.8. The summed E-state index contributed by atoms with van der Waals surface area (Å²) in [5, 5.41) is 1.57. The zero-order valence-corrected chi connectivity index (χ0v) is 36.8. The van der Waals surface area contributed by atoms with Gasteiger partial charge in [0, 0.05) is 10.8 Å². The van der Waals surface area contributed by atoms with Gasteiger partial charge < -0.3 is 23.7 Å². The molecule has 0 aromatic heterocycles. The van der Waals surface area contributed by atoms with E-state index >= 15 is 0 Å². The molecule has 0 amide bonds. The highest BCUT2D eigenvalue weighted by Crippen LogP contribution is 2.40. The molecule has 4 aliphatic carbocycles. The third-order valence-electron chi connectivity index (χ3n) is 13.2. The molecule has 7 rings (SSSR count). The molecule has 3 aromatic carbocycles. The van der Waals surface area contributed by atoms with E-state index in [0.29, 0.717) is 54.9 Å². The number of carbonyl (C=O) groups excluding carboxylic acids is 4. The molecule has 0 bridgehead atoms. The van der Waals surface area contributed by atoms with E-state index in [0.717, 1.165) is 98.9 Å². The number of esters is 3. The summed E-state index contributed by atoms with van der Waals surface area (Å²) in [6.07, 6.45) is 14.6. The van der Waals surface area contributed by atoms with Gasteiger partial charge in [-0.1, -0.05) is 59.2 Å². The quantitative estimate of drug-likeness (QED) is 0.147. The van der Waals surface area contributed by atoms with Crippen molar-refractivity contribution in [1.29, 1.82) is 0 Å². The van der Waals surface area contributed by atoms with E-state index in [4.69, 9.17) is 23.7 Å². The van der Waals surface area contributed by atoms with E-state index in [1.54, 1.807) is 12.1 Å². The minimum atomic E-state index is -0.304. The van der Waals surface area contributed by atoms with Crippen LogP contribution in [0.25, 0.3) is 21.9 Å². The van der Waals surface area contributed by atoms with Crippen molar-refractivity contribution in [3.05, 3.63) is 60.4 Å². The number of carbonyl (C=O) groups is 4. The van der Waals surface area contributed by atoms with Crippen LogP contribution in [0.15, 0.2) is 54.6 Å². The Morgan fingerprint density at radius 2 is 1.03 bits per heavy atom. The van der Waals surface area contributed by atoms with Crippen LogP contribution in [0.5, 0.6) is 11.5 Å². The Balaban J connectivity index is 0.00000131. The summed E-state index contributed by atoms with van der Waals surface area (Å²) in [5.74, 6) is 2.25. The molecule has 0 saturated heterocycles. The molecular weight excluding hydrogens is 760 g/mol. The van der Waals surface area contributed by atoms with Gasteiger partial charge in [-0.2, -0.15) is 0 Å². The fourth-order valence-electron chi connectivity index (χ4n) is 9.40. The maximum atomic E-state index is 13.8.